The van der Waals surface area contributed by atoms with Gasteiger partial charge in [-0.2, -0.15) is 0 Å². The largest absolute Gasteiger partial charge is 0.393 e. The number of aromatic nitrogens is 2. The smallest absolute Gasteiger partial charge is 0.330 e. The molecule has 1 aromatic heterocycles. The zero-order valence-corrected chi connectivity index (χ0v) is 10.9. The van der Waals surface area contributed by atoms with Crippen molar-refractivity contribution in [1.82, 2.24) is 9.55 Å². The highest BCUT2D eigenvalue weighted by Crippen LogP contribution is 2.44. The van der Waals surface area contributed by atoms with E-state index < -0.39 is 41.7 Å². The first-order valence-corrected chi connectivity index (χ1v) is 6.35. The Morgan fingerprint density at radius 1 is 1.55 bits per heavy atom. The first-order chi connectivity index (χ1) is 9.48. The minimum Gasteiger partial charge on any atom is -0.393 e. The number of hydrogen-bond acceptors (Lipinski definition) is 6. The van der Waals surface area contributed by atoms with E-state index in [0.717, 1.165) is 0 Å². The minimum atomic E-state index is -1.21. The van der Waals surface area contributed by atoms with Gasteiger partial charge in [0, 0.05) is 11.8 Å². The topological polar surface area (TPSA) is 114 Å². The lowest BCUT2D eigenvalue weighted by molar-refractivity contribution is -0.163. The van der Waals surface area contributed by atoms with Gasteiger partial charge in [0.2, 0.25) is 0 Å². The first-order valence-electron chi connectivity index (χ1n) is 6.35. The van der Waals surface area contributed by atoms with Crippen molar-refractivity contribution in [2.45, 2.75) is 24.9 Å². The number of aromatic amines is 1. The molecule has 0 spiro atoms. The first kappa shape index (κ1) is 13.5. The predicted octanol–water partition coefficient (Wildman–Crippen LogP) is -1.89. The molecule has 3 heterocycles. The van der Waals surface area contributed by atoms with Gasteiger partial charge >= 0.3 is 5.69 Å². The summed E-state index contributed by atoms with van der Waals surface area (Å²) >= 11 is 0. The zero-order valence-electron chi connectivity index (χ0n) is 10.9. The number of nitrogens with one attached hydrogen (secondary N) is 1. The monoisotopic (exact) mass is 284 g/mol. The quantitative estimate of drug-likeness (QED) is 0.585. The van der Waals surface area contributed by atoms with Gasteiger partial charge in [-0.05, 0) is 6.92 Å². The summed E-state index contributed by atoms with van der Waals surface area (Å²) in [5.41, 5.74) is -1.92. The van der Waals surface area contributed by atoms with E-state index in [0.29, 0.717) is 5.56 Å². The van der Waals surface area contributed by atoms with Crippen LogP contribution in [0.15, 0.2) is 15.8 Å². The molecule has 2 saturated heterocycles. The molecule has 2 bridgehead atoms. The normalized spacial score (nSPS) is 36.2. The van der Waals surface area contributed by atoms with Gasteiger partial charge in [0.15, 0.2) is 0 Å². The molecule has 3 rings (SSSR count). The van der Waals surface area contributed by atoms with Crippen LogP contribution in [0.5, 0.6) is 0 Å². The lowest BCUT2D eigenvalue weighted by Crippen LogP contribution is -2.52. The lowest BCUT2D eigenvalue weighted by Gasteiger charge is -2.33. The number of fused-ring (bicyclic) bond motifs is 2. The fourth-order valence-electron chi connectivity index (χ4n) is 2.82. The molecule has 2 aliphatic heterocycles. The van der Waals surface area contributed by atoms with Gasteiger partial charge in [-0.3, -0.25) is 14.3 Å². The van der Waals surface area contributed by atoms with E-state index in [1.54, 1.807) is 6.92 Å². The molecular weight excluding hydrogens is 268 g/mol. The maximum Gasteiger partial charge on any atom is 0.330 e. The van der Waals surface area contributed by atoms with Crippen molar-refractivity contribution in [3.05, 3.63) is 32.6 Å². The number of aliphatic hydroxyl groups excluding tert-OH is 2. The van der Waals surface area contributed by atoms with Crippen molar-refractivity contribution in [3.63, 3.8) is 0 Å². The van der Waals surface area contributed by atoms with Gasteiger partial charge < -0.3 is 19.7 Å². The average molecular weight is 284 g/mol. The molecule has 0 amide bonds. The van der Waals surface area contributed by atoms with E-state index >= 15 is 0 Å². The highest BCUT2D eigenvalue weighted by Gasteiger charge is 2.58. The van der Waals surface area contributed by atoms with Gasteiger partial charge in [0.1, 0.15) is 11.8 Å². The van der Waals surface area contributed by atoms with Crippen LogP contribution in [-0.4, -0.2) is 51.3 Å². The maximum absolute atomic E-state index is 11.9. The molecule has 3 N–H and O–H groups in total. The minimum absolute atomic E-state index is 0.0642. The van der Waals surface area contributed by atoms with E-state index in [-0.39, 0.29) is 13.2 Å². The van der Waals surface area contributed by atoms with Crippen molar-refractivity contribution in [2.75, 3.05) is 19.8 Å². The summed E-state index contributed by atoms with van der Waals surface area (Å²) in [5.74, 6) is -0.473. The van der Waals surface area contributed by atoms with Gasteiger partial charge in [-0.1, -0.05) is 0 Å². The number of aliphatic hydroxyl groups is 2. The molecule has 4 atom stereocenters. The summed E-state index contributed by atoms with van der Waals surface area (Å²) in [7, 11) is 0. The molecule has 0 saturated carbocycles. The molecule has 110 valence electrons. The fraction of sp³-hybridized carbons (Fsp3) is 0.667. The second kappa shape index (κ2) is 4.52. The molecule has 0 unspecified atom stereocenters. The van der Waals surface area contributed by atoms with Gasteiger partial charge in [-0.15, -0.1) is 0 Å². The fourth-order valence-corrected chi connectivity index (χ4v) is 2.82. The van der Waals surface area contributed by atoms with E-state index in [4.69, 9.17) is 9.47 Å². The van der Waals surface area contributed by atoms with Crippen LogP contribution in [0.1, 0.15) is 11.8 Å². The van der Waals surface area contributed by atoms with Crippen LogP contribution < -0.4 is 11.2 Å². The molecule has 2 fully saturated rings. The third-order valence-electron chi connectivity index (χ3n) is 4.01. The molecule has 2 aliphatic rings. The lowest BCUT2D eigenvalue weighted by atomic mass is 9.89. The number of H-pyrrole nitrogens is 1. The van der Waals surface area contributed by atoms with Crippen molar-refractivity contribution in [1.29, 1.82) is 0 Å². The van der Waals surface area contributed by atoms with Crippen molar-refractivity contribution in [2.24, 2.45) is 5.92 Å². The van der Waals surface area contributed by atoms with E-state index in [9.17, 15) is 19.8 Å². The van der Waals surface area contributed by atoms with Crippen molar-refractivity contribution < 1.29 is 19.7 Å². The number of ether oxygens (including phenoxy) is 2. The van der Waals surface area contributed by atoms with E-state index in [2.05, 4.69) is 4.98 Å². The maximum atomic E-state index is 11.9. The molecule has 8 nitrogen and oxygen atoms in total. The van der Waals surface area contributed by atoms with Gasteiger partial charge in [0.05, 0.1) is 31.8 Å². The second-order valence-electron chi connectivity index (χ2n) is 5.33. The van der Waals surface area contributed by atoms with Crippen LogP contribution in [0.2, 0.25) is 0 Å². The van der Waals surface area contributed by atoms with Crippen LogP contribution in [0.3, 0.4) is 0 Å². The third kappa shape index (κ3) is 1.76. The molecule has 0 radical (unpaired) electrons. The van der Waals surface area contributed by atoms with E-state index in [1.165, 1.54) is 10.8 Å². The summed E-state index contributed by atoms with van der Waals surface area (Å²) in [5, 5.41) is 19.7. The third-order valence-corrected chi connectivity index (χ3v) is 4.01. The molecule has 20 heavy (non-hydrogen) atoms. The zero-order chi connectivity index (χ0) is 14.5. The van der Waals surface area contributed by atoms with E-state index in [1.807, 2.05) is 0 Å². The number of hydrogen-bond donors (Lipinski definition) is 3. The molecule has 1 aromatic rings. The van der Waals surface area contributed by atoms with Crippen LogP contribution in [0, 0.1) is 12.8 Å². The highest BCUT2D eigenvalue weighted by molar-refractivity contribution is 5.07. The summed E-state index contributed by atoms with van der Waals surface area (Å²) in [4.78, 5) is 25.5. The summed E-state index contributed by atoms with van der Waals surface area (Å²) < 4.78 is 12.3. The molecule has 0 aliphatic carbocycles. The van der Waals surface area contributed by atoms with Crippen LogP contribution in [-0.2, 0) is 9.47 Å². The standard InChI is InChI=1S/C12H16N2O6/c1-6-2-14(11(18)13-9(6)17)10-7-3-19-5-12(4-15,20-10)8(7)16/h2,7-8,10,15-16H,3-5H2,1H3,(H,13,17,18)/t7-,8+,10+,12-/m1/s1. The SMILES string of the molecule is Cc1cn([C@H]2O[C@]3(CO)COC[C@@H]2[C@@H]3O)c(=O)[nH]c1=O. The van der Waals surface area contributed by atoms with Crippen LogP contribution >= 0.6 is 0 Å². The Morgan fingerprint density at radius 2 is 2.30 bits per heavy atom. The predicted molar refractivity (Wildman–Crippen MR) is 66.3 cm³/mol. The van der Waals surface area contributed by atoms with Crippen molar-refractivity contribution in [3.8, 4) is 0 Å². The Labute approximate surface area is 113 Å². The van der Waals surface area contributed by atoms with Crippen molar-refractivity contribution >= 4 is 0 Å². The summed E-state index contributed by atoms with van der Waals surface area (Å²) in [6, 6.07) is 0. The number of rotatable bonds is 2. The molecule has 0 aromatic carbocycles. The molecule has 8 heteroatoms. The summed E-state index contributed by atoms with van der Waals surface area (Å²) in [6.45, 7) is 1.45. The Bertz CT molecular complexity index is 638. The second-order valence-corrected chi connectivity index (χ2v) is 5.33. The summed E-state index contributed by atoms with van der Waals surface area (Å²) in [6.07, 6.45) is -0.308. The highest BCUT2D eigenvalue weighted by atomic mass is 16.6. The van der Waals surface area contributed by atoms with Gasteiger partial charge in [-0.25, -0.2) is 4.79 Å². The Balaban J connectivity index is 2.06. The van der Waals surface area contributed by atoms with Crippen LogP contribution in [0.4, 0.5) is 0 Å². The Morgan fingerprint density at radius 3 is 2.95 bits per heavy atom. The average Bonchev–Trinajstić information content (AvgIpc) is 2.60. The number of aryl methyl sites for hydroxylation is 1. The number of nitrogens with zero attached hydrogens (tertiary/aromatic N) is 1. The van der Waals surface area contributed by atoms with Gasteiger partial charge in [0.25, 0.3) is 5.56 Å². The Kier molecular flexibility index (Phi) is 3.05. The molecular formula is C12H16N2O6. The Hall–Kier alpha value is -1.48. The van der Waals surface area contributed by atoms with Crippen LogP contribution in [0.25, 0.3) is 0 Å².